The lowest BCUT2D eigenvalue weighted by Gasteiger charge is -1.90. The van der Waals surface area contributed by atoms with Crippen molar-refractivity contribution in [1.82, 2.24) is 0 Å². The number of carbonyl (C=O) groups is 1. The summed E-state index contributed by atoms with van der Waals surface area (Å²) in [4.78, 5) is 10.6. The van der Waals surface area contributed by atoms with E-state index >= 15 is 0 Å². The Balaban J connectivity index is 2.40. The Morgan fingerprint density at radius 3 is 3.09 bits per heavy atom. The minimum atomic E-state index is -0.280. The third-order valence-corrected chi connectivity index (χ3v) is 1.71. The summed E-state index contributed by atoms with van der Waals surface area (Å²) in [5.41, 5.74) is 1.25. The molecular weight excluding hydrogens is 140 g/mol. The molecule has 0 fully saturated rings. The minimum absolute atomic E-state index is 0.280. The van der Waals surface area contributed by atoms with Gasteiger partial charge in [-0.05, 0) is 19.3 Å². The van der Waals surface area contributed by atoms with Gasteiger partial charge < -0.3 is 4.74 Å². The van der Waals surface area contributed by atoms with Gasteiger partial charge in [0.05, 0.1) is 7.11 Å². The number of hydrogen-bond acceptors (Lipinski definition) is 2. The van der Waals surface area contributed by atoms with Crippen molar-refractivity contribution in [3.8, 4) is 0 Å². The number of esters is 1. The second kappa shape index (κ2) is 3.96. The van der Waals surface area contributed by atoms with Crippen LogP contribution in [0.3, 0.4) is 0 Å². The zero-order valence-electron chi connectivity index (χ0n) is 6.67. The Kier molecular flexibility index (Phi) is 2.90. The van der Waals surface area contributed by atoms with E-state index in [-0.39, 0.29) is 5.97 Å². The van der Waals surface area contributed by atoms with Gasteiger partial charge in [0, 0.05) is 6.08 Å². The average Bonchev–Trinajstić information content (AvgIpc) is 2.52. The predicted octanol–water partition coefficient (Wildman–Crippen LogP) is 1.83. The largest absolute Gasteiger partial charge is 0.466 e. The number of allylic oxidation sites excluding steroid dienone is 3. The fourth-order valence-electron chi connectivity index (χ4n) is 1.09. The van der Waals surface area contributed by atoms with E-state index in [0.29, 0.717) is 0 Å². The number of methoxy groups -OCH3 is 1. The molecular formula is C9H12O2. The van der Waals surface area contributed by atoms with Gasteiger partial charge in [0.2, 0.25) is 0 Å². The lowest BCUT2D eigenvalue weighted by Crippen LogP contribution is -1.93. The lowest BCUT2D eigenvalue weighted by atomic mass is 10.2. The van der Waals surface area contributed by atoms with Crippen LogP contribution in [0.25, 0.3) is 0 Å². The lowest BCUT2D eigenvalue weighted by molar-refractivity contribution is -0.134. The maximum Gasteiger partial charge on any atom is 0.330 e. The van der Waals surface area contributed by atoms with Crippen molar-refractivity contribution < 1.29 is 9.53 Å². The molecule has 0 aliphatic heterocycles. The van der Waals surface area contributed by atoms with Crippen molar-refractivity contribution in [2.75, 3.05) is 7.11 Å². The number of rotatable bonds is 2. The smallest absolute Gasteiger partial charge is 0.330 e. The first-order chi connectivity index (χ1) is 5.33. The second-order valence-corrected chi connectivity index (χ2v) is 2.53. The molecule has 0 amide bonds. The Bertz CT molecular complexity index is 202. The normalized spacial score (nSPS) is 17.0. The van der Waals surface area contributed by atoms with E-state index in [4.69, 9.17) is 0 Å². The predicted molar refractivity (Wildman–Crippen MR) is 43.1 cm³/mol. The van der Waals surface area contributed by atoms with Crippen molar-refractivity contribution in [2.24, 2.45) is 0 Å². The van der Waals surface area contributed by atoms with Gasteiger partial charge in [0.1, 0.15) is 0 Å². The van der Waals surface area contributed by atoms with Crippen LogP contribution in [0, 0.1) is 0 Å². The van der Waals surface area contributed by atoms with Gasteiger partial charge in [-0.15, -0.1) is 0 Å². The summed E-state index contributed by atoms with van der Waals surface area (Å²) < 4.78 is 4.46. The molecule has 0 saturated carbocycles. The molecule has 0 heterocycles. The summed E-state index contributed by atoms with van der Waals surface area (Å²) in [5, 5.41) is 0. The molecule has 2 nitrogen and oxygen atoms in total. The van der Waals surface area contributed by atoms with Gasteiger partial charge in [0.25, 0.3) is 0 Å². The van der Waals surface area contributed by atoms with E-state index in [2.05, 4.69) is 10.8 Å². The van der Waals surface area contributed by atoms with Crippen LogP contribution < -0.4 is 0 Å². The van der Waals surface area contributed by atoms with E-state index in [9.17, 15) is 4.79 Å². The van der Waals surface area contributed by atoms with Crippen LogP contribution in [0.15, 0.2) is 23.8 Å². The Labute approximate surface area is 66.5 Å². The minimum Gasteiger partial charge on any atom is -0.466 e. The van der Waals surface area contributed by atoms with Gasteiger partial charge in [-0.3, -0.25) is 0 Å². The van der Waals surface area contributed by atoms with Gasteiger partial charge in [-0.1, -0.05) is 17.7 Å². The summed E-state index contributed by atoms with van der Waals surface area (Å²) >= 11 is 0. The molecule has 1 rings (SSSR count). The molecule has 2 heteroatoms. The van der Waals surface area contributed by atoms with Crippen LogP contribution in [-0.4, -0.2) is 13.1 Å². The first kappa shape index (κ1) is 8.05. The first-order valence-electron chi connectivity index (χ1n) is 3.78. The highest BCUT2D eigenvalue weighted by molar-refractivity contribution is 5.82. The molecule has 0 aromatic carbocycles. The highest BCUT2D eigenvalue weighted by Gasteiger charge is 2.00. The summed E-state index contributed by atoms with van der Waals surface area (Å²) in [5.74, 6) is -0.280. The number of hydrogen-bond donors (Lipinski definition) is 0. The number of carbonyl (C=O) groups excluding carboxylic acids is 1. The van der Waals surface area contributed by atoms with Gasteiger partial charge in [-0.25, -0.2) is 4.79 Å². The zero-order chi connectivity index (χ0) is 8.10. The zero-order valence-corrected chi connectivity index (χ0v) is 6.67. The van der Waals surface area contributed by atoms with Crippen molar-refractivity contribution in [2.45, 2.75) is 19.3 Å². The summed E-state index contributed by atoms with van der Waals surface area (Å²) in [6.07, 6.45) is 8.89. The van der Waals surface area contributed by atoms with E-state index in [1.165, 1.54) is 25.2 Å². The summed E-state index contributed by atoms with van der Waals surface area (Å²) in [6, 6.07) is 0. The highest BCUT2D eigenvalue weighted by atomic mass is 16.5. The summed E-state index contributed by atoms with van der Waals surface area (Å²) in [7, 11) is 1.38. The van der Waals surface area contributed by atoms with Crippen LogP contribution >= 0.6 is 0 Å². The Hall–Kier alpha value is -1.05. The maximum absolute atomic E-state index is 10.6. The Morgan fingerprint density at radius 2 is 2.55 bits per heavy atom. The van der Waals surface area contributed by atoms with Crippen LogP contribution in [0.1, 0.15) is 19.3 Å². The molecule has 0 unspecified atom stereocenters. The standard InChI is InChI=1S/C9H12O2/c1-11-9(10)7-6-8-4-2-3-5-8/h4,6-7H,2-3,5H2,1H3/b7-6-. The molecule has 11 heavy (non-hydrogen) atoms. The fourth-order valence-corrected chi connectivity index (χ4v) is 1.09. The molecule has 0 radical (unpaired) electrons. The molecule has 1 aliphatic rings. The SMILES string of the molecule is COC(=O)/C=C\C1=CCCC1. The van der Waals surface area contributed by atoms with Gasteiger partial charge in [-0.2, -0.15) is 0 Å². The molecule has 0 aromatic rings. The third kappa shape index (κ3) is 2.58. The van der Waals surface area contributed by atoms with Crippen LogP contribution in [-0.2, 0) is 9.53 Å². The van der Waals surface area contributed by atoms with E-state index < -0.39 is 0 Å². The first-order valence-corrected chi connectivity index (χ1v) is 3.78. The van der Waals surface area contributed by atoms with E-state index in [1.807, 2.05) is 6.08 Å². The average molecular weight is 152 g/mol. The topological polar surface area (TPSA) is 26.3 Å². The molecule has 1 aliphatic carbocycles. The monoisotopic (exact) mass is 152 g/mol. The van der Waals surface area contributed by atoms with Crippen LogP contribution in [0.4, 0.5) is 0 Å². The van der Waals surface area contributed by atoms with Crippen molar-refractivity contribution in [1.29, 1.82) is 0 Å². The Morgan fingerprint density at radius 1 is 1.73 bits per heavy atom. The molecule has 0 aromatic heterocycles. The molecule has 0 spiro atoms. The number of ether oxygens (including phenoxy) is 1. The third-order valence-electron chi connectivity index (χ3n) is 1.71. The highest BCUT2D eigenvalue weighted by Crippen LogP contribution is 2.18. The van der Waals surface area contributed by atoms with E-state index in [1.54, 1.807) is 0 Å². The van der Waals surface area contributed by atoms with Gasteiger partial charge in [0.15, 0.2) is 0 Å². The maximum atomic E-state index is 10.6. The van der Waals surface area contributed by atoms with Gasteiger partial charge >= 0.3 is 5.97 Å². The molecule has 0 saturated heterocycles. The molecule has 0 N–H and O–H groups in total. The van der Waals surface area contributed by atoms with E-state index in [0.717, 1.165) is 12.8 Å². The molecule has 0 atom stereocenters. The summed E-state index contributed by atoms with van der Waals surface area (Å²) in [6.45, 7) is 0. The van der Waals surface area contributed by atoms with Crippen molar-refractivity contribution >= 4 is 5.97 Å². The fraction of sp³-hybridized carbons (Fsp3) is 0.444. The second-order valence-electron chi connectivity index (χ2n) is 2.53. The van der Waals surface area contributed by atoms with Crippen LogP contribution in [0.5, 0.6) is 0 Å². The van der Waals surface area contributed by atoms with Crippen LogP contribution in [0.2, 0.25) is 0 Å². The van der Waals surface area contributed by atoms with Crippen molar-refractivity contribution in [3.63, 3.8) is 0 Å². The molecule has 0 bridgehead atoms. The molecule has 60 valence electrons. The van der Waals surface area contributed by atoms with Crippen molar-refractivity contribution in [3.05, 3.63) is 23.8 Å². The quantitative estimate of drug-likeness (QED) is 0.445.